The first-order valence-corrected chi connectivity index (χ1v) is 9.39. The minimum atomic E-state index is -0.357. The highest BCUT2D eigenvalue weighted by molar-refractivity contribution is 5.77. The summed E-state index contributed by atoms with van der Waals surface area (Å²) < 4.78 is 17.1. The Morgan fingerprint density at radius 2 is 1.86 bits per heavy atom. The normalized spacial score (nSPS) is 10.8. The largest absolute Gasteiger partial charge is 0.494 e. The molecule has 0 radical (unpaired) electrons. The zero-order chi connectivity index (χ0) is 19.8. The van der Waals surface area contributed by atoms with E-state index in [2.05, 4.69) is 4.98 Å². The van der Waals surface area contributed by atoms with E-state index in [1.807, 2.05) is 49.4 Å². The van der Waals surface area contributed by atoms with Gasteiger partial charge in [0.05, 0.1) is 13.2 Å². The van der Waals surface area contributed by atoms with E-state index < -0.39 is 0 Å². The maximum Gasteiger partial charge on any atom is 0.243 e. The van der Waals surface area contributed by atoms with E-state index in [1.54, 1.807) is 5.48 Å². The average molecular weight is 384 g/mol. The first-order chi connectivity index (χ1) is 13.7. The molecule has 3 aromatic rings. The number of oxazole rings is 1. The van der Waals surface area contributed by atoms with E-state index in [0.29, 0.717) is 31.1 Å². The van der Waals surface area contributed by atoms with Gasteiger partial charge < -0.3 is 13.9 Å². The number of rotatable bonds is 10. The second-order valence-corrected chi connectivity index (χ2v) is 6.30. The molecule has 0 atom stereocenters. The average Bonchev–Trinajstić information content (AvgIpc) is 3.14. The number of benzene rings is 2. The van der Waals surface area contributed by atoms with Gasteiger partial charge in [-0.25, -0.2) is 10.5 Å². The Labute approximate surface area is 163 Å². The van der Waals surface area contributed by atoms with Crippen LogP contribution < -0.4 is 15.0 Å². The van der Waals surface area contributed by atoms with Gasteiger partial charge in [-0.2, -0.15) is 0 Å². The first kappa shape index (κ1) is 19.7. The van der Waals surface area contributed by atoms with Gasteiger partial charge in [0.1, 0.15) is 17.0 Å². The van der Waals surface area contributed by atoms with Crippen LogP contribution in [0.5, 0.6) is 11.5 Å². The summed E-state index contributed by atoms with van der Waals surface area (Å²) in [6, 6.07) is 13.2. The van der Waals surface area contributed by atoms with Crippen LogP contribution in [0.4, 0.5) is 0 Å². The van der Waals surface area contributed by atoms with Gasteiger partial charge in [-0.05, 0) is 62.6 Å². The molecular weight excluding hydrogens is 360 g/mol. The Kier molecular flexibility index (Phi) is 6.86. The lowest BCUT2D eigenvalue weighted by molar-refractivity contribution is -0.129. The second-order valence-electron chi connectivity index (χ2n) is 6.30. The van der Waals surface area contributed by atoms with Crippen LogP contribution in [0.2, 0.25) is 0 Å². The first-order valence-electron chi connectivity index (χ1n) is 9.39. The van der Waals surface area contributed by atoms with Crippen molar-refractivity contribution in [3.63, 3.8) is 0 Å². The monoisotopic (exact) mass is 384 g/mol. The van der Waals surface area contributed by atoms with Crippen molar-refractivity contribution in [2.45, 2.75) is 32.6 Å². The molecule has 1 aromatic heterocycles. The molecule has 7 heteroatoms. The third-order valence-electron chi connectivity index (χ3n) is 4.21. The lowest BCUT2D eigenvalue weighted by Crippen LogP contribution is -2.17. The number of nitrogens with one attached hydrogen (secondary N) is 1. The van der Waals surface area contributed by atoms with Crippen LogP contribution >= 0.6 is 0 Å². The summed E-state index contributed by atoms with van der Waals surface area (Å²) >= 11 is 0. The second kappa shape index (κ2) is 9.75. The highest BCUT2D eigenvalue weighted by atomic mass is 16.5. The van der Waals surface area contributed by atoms with Crippen LogP contribution in [0.25, 0.3) is 22.6 Å². The number of hydroxylamine groups is 1. The molecule has 0 bridgehead atoms. The summed E-state index contributed by atoms with van der Waals surface area (Å²) in [4.78, 5) is 15.4. The number of nitrogens with zero attached hydrogens (tertiary/aromatic N) is 1. The van der Waals surface area contributed by atoms with Gasteiger partial charge in [-0.1, -0.05) is 0 Å². The summed E-state index contributed by atoms with van der Waals surface area (Å²) in [6.07, 6.45) is 2.74. The fourth-order valence-corrected chi connectivity index (χ4v) is 2.79. The predicted octanol–water partition coefficient (Wildman–Crippen LogP) is 4.34. The van der Waals surface area contributed by atoms with E-state index in [0.717, 1.165) is 41.8 Å². The van der Waals surface area contributed by atoms with Crippen molar-refractivity contribution in [3.05, 3.63) is 42.5 Å². The molecule has 0 aliphatic heterocycles. The third kappa shape index (κ3) is 5.23. The highest BCUT2D eigenvalue weighted by Crippen LogP contribution is 2.28. The molecule has 28 heavy (non-hydrogen) atoms. The van der Waals surface area contributed by atoms with Gasteiger partial charge in [0, 0.05) is 18.1 Å². The molecule has 0 saturated carbocycles. The van der Waals surface area contributed by atoms with Crippen LogP contribution in [-0.2, 0) is 4.79 Å². The van der Waals surface area contributed by atoms with Gasteiger partial charge in [0.15, 0.2) is 5.58 Å². The fraction of sp³-hybridized carbons (Fsp3) is 0.333. The molecule has 2 aromatic carbocycles. The van der Waals surface area contributed by atoms with Gasteiger partial charge in [-0.15, -0.1) is 0 Å². The number of fused-ring (bicyclic) bond motifs is 1. The number of amides is 1. The van der Waals surface area contributed by atoms with Gasteiger partial charge in [0.25, 0.3) is 0 Å². The van der Waals surface area contributed by atoms with Gasteiger partial charge in [0.2, 0.25) is 11.8 Å². The number of hydrogen-bond donors (Lipinski definition) is 2. The fourth-order valence-electron chi connectivity index (χ4n) is 2.79. The van der Waals surface area contributed by atoms with Crippen molar-refractivity contribution in [2.75, 3.05) is 13.2 Å². The Balaban J connectivity index is 1.52. The number of aromatic nitrogens is 1. The number of ether oxygens (including phenoxy) is 2. The van der Waals surface area contributed by atoms with Crippen LogP contribution in [-0.4, -0.2) is 29.3 Å². The quantitative estimate of drug-likeness (QED) is 0.307. The maximum atomic E-state index is 10.9. The zero-order valence-corrected chi connectivity index (χ0v) is 15.8. The van der Waals surface area contributed by atoms with Crippen LogP contribution in [0.15, 0.2) is 46.9 Å². The topological polar surface area (TPSA) is 93.8 Å². The van der Waals surface area contributed by atoms with Crippen molar-refractivity contribution in [2.24, 2.45) is 0 Å². The van der Waals surface area contributed by atoms with E-state index in [4.69, 9.17) is 19.1 Å². The lowest BCUT2D eigenvalue weighted by atomic mass is 10.2. The molecule has 7 nitrogen and oxygen atoms in total. The van der Waals surface area contributed by atoms with Crippen LogP contribution in [0.3, 0.4) is 0 Å². The van der Waals surface area contributed by atoms with Crippen molar-refractivity contribution in [1.29, 1.82) is 0 Å². The van der Waals surface area contributed by atoms with E-state index in [9.17, 15) is 4.79 Å². The molecule has 2 N–H and O–H groups in total. The van der Waals surface area contributed by atoms with Crippen molar-refractivity contribution < 1.29 is 23.9 Å². The van der Waals surface area contributed by atoms with Gasteiger partial charge >= 0.3 is 0 Å². The number of hydrogen-bond acceptors (Lipinski definition) is 6. The van der Waals surface area contributed by atoms with Crippen LogP contribution in [0.1, 0.15) is 32.6 Å². The molecule has 148 valence electrons. The molecule has 0 fully saturated rings. The summed E-state index contributed by atoms with van der Waals surface area (Å²) in [6.45, 7) is 3.12. The number of unbranched alkanes of at least 4 members (excludes halogenated alkanes) is 2. The molecule has 0 aliphatic rings. The Morgan fingerprint density at radius 1 is 1.07 bits per heavy atom. The highest BCUT2D eigenvalue weighted by Gasteiger charge is 2.09. The summed E-state index contributed by atoms with van der Waals surface area (Å²) in [5.74, 6) is 1.73. The molecule has 1 amide bonds. The molecule has 1 heterocycles. The van der Waals surface area contributed by atoms with Crippen LogP contribution in [0, 0.1) is 0 Å². The van der Waals surface area contributed by atoms with Crippen molar-refractivity contribution >= 4 is 17.0 Å². The smallest absolute Gasteiger partial charge is 0.243 e. The SMILES string of the molecule is CCOc1ccc2nc(-c3ccc(OCCCCCC(=O)NO)cc3)oc2c1. The minimum absolute atomic E-state index is 0.321. The van der Waals surface area contributed by atoms with E-state index in [-0.39, 0.29) is 5.91 Å². The Bertz CT molecular complexity index is 905. The zero-order valence-electron chi connectivity index (χ0n) is 15.8. The Hall–Kier alpha value is -3.06. The Morgan fingerprint density at radius 3 is 2.61 bits per heavy atom. The van der Waals surface area contributed by atoms with E-state index >= 15 is 0 Å². The maximum absolute atomic E-state index is 10.9. The van der Waals surface area contributed by atoms with Gasteiger partial charge in [-0.3, -0.25) is 10.0 Å². The molecule has 0 aliphatic carbocycles. The summed E-state index contributed by atoms with van der Waals surface area (Å²) in [5, 5.41) is 8.42. The predicted molar refractivity (Wildman–Crippen MR) is 105 cm³/mol. The lowest BCUT2D eigenvalue weighted by Gasteiger charge is -2.06. The van der Waals surface area contributed by atoms with Crippen molar-refractivity contribution in [1.82, 2.24) is 10.5 Å². The molecule has 0 spiro atoms. The molecule has 0 saturated heterocycles. The third-order valence-corrected chi connectivity index (χ3v) is 4.21. The summed E-state index contributed by atoms with van der Waals surface area (Å²) in [7, 11) is 0. The molecule has 3 rings (SSSR count). The number of carbonyl (C=O) groups is 1. The summed E-state index contributed by atoms with van der Waals surface area (Å²) in [5.41, 5.74) is 3.98. The minimum Gasteiger partial charge on any atom is -0.494 e. The van der Waals surface area contributed by atoms with E-state index in [1.165, 1.54) is 0 Å². The standard InChI is InChI=1S/C21H24N2O5/c1-2-26-17-11-12-18-19(14-17)28-21(22-18)15-7-9-16(10-8-15)27-13-5-3-4-6-20(24)23-25/h7-12,14,25H,2-6,13H2,1H3,(H,23,24). The molecular formula is C21H24N2O5. The number of carbonyl (C=O) groups excluding carboxylic acids is 1. The van der Waals surface area contributed by atoms with Crippen molar-refractivity contribution in [3.8, 4) is 23.0 Å². The molecule has 0 unspecified atom stereocenters.